The second-order valence-corrected chi connectivity index (χ2v) is 14.6. The van der Waals surface area contributed by atoms with E-state index in [4.69, 9.17) is 4.74 Å². The molecule has 4 rings (SSSR count). The van der Waals surface area contributed by atoms with Crippen LogP contribution in [0.25, 0.3) is 0 Å². The van der Waals surface area contributed by atoms with E-state index in [9.17, 15) is 19.5 Å². The maximum Gasteiger partial charge on any atom is 0.407 e. The molecule has 11 nitrogen and oxygen atoms in total. The van der Waals surface area contributed by atoms with E-state index in [2.05, 4.69) is 64.9 Å². The lowest BCUT2D eigenvalue weighted by molar-refractivity contribution is -0.124. The lowest BCUT2D eigenvalue weighted by Gasteiger charge is -2.27. The van der Waals surface area contributed by atoms with Crippen molar-refractivity contribution in [2.24, 2.45) is 5.92 Å². The summed E-state index contributed by atoms with van der Waals surface area (Å²) in [5, 5.41) is 21.9. The summed E-state index contributed by atoms with van der Waals surface area (Å²) < 4.78 is 5.47. The van der Waals surface area contributed by atoms with E-state index in [0.29, 0.717) is 37.5 Å². The molecule has 4 unspecified atom stereocenters. The molecule has 1 aliphatic carbocycles. The van der Waals surface area contributed by atoms with E-state index in [1.807, 2.05) is 35.7 Å². The minimum atomic E-state index is -1.14. The number of aliphatic hydroxyl groups is 1. The van der Waals surface area contributed by atoms with Gasteiger partial charge in [-0.2, -0.15) is 0 Å². The van der Waals surface area contributed by atoms with Gasteiger partial charge in [-0.3, -0.25) is 9.78 Å². The Labute approximate surface area is 296 Å². The second kappa shape index (κ2) is 19.2. The van der Waals surface area contributed by atoms with Gasteiger partial charge in [-0.1, -0.05) is 74.9 Å². The van der Waals surface area contributed by atoms with Crippen molar-refractivity contribution in [1.82, 2.24) is 30.8 Å². The molecule has 4 N–H and O–H groups in total. The Bertz CT molecular complexity index is 1540. The molecule has 2 heterocycles. The zero-order valence-electron chi connectivity index (χ0n) is 28.6. The fraction of sp³-hybridized carbons (Fsp3) is 0.472. The third-order valence-electron chi connectivity index (χ3n) is 8.16. The fourth-order valence-electron chi connectivity index (χ4n) is 5.35. The maximum absolute atomic E-state index is 13.5. The SMILES string of the molecule is CC1C=CC(CC(CCC(Cc2ccccc2)NC(=O)OCc2cncs2)NC(=O)C(CO)NC(=O)N(C)Cc2csc(C(C)C)n2)=CC1. The summed E-state index contributed by atoms with van der Waals surface area (Å²) in [6.45, 7) is 6.14. The highest BCUT2D eigenvalue weighted by Crippen LogP contribution is 2.22. The van der Waals surface area contributed by atoms with Crippen LogP contribution < -0.4 is 16.0 Å². The van der Waals surface area contributed by atoms with E-state index in [1.54, 1.807) is 30.1 Å². The molecule has 0 spiro atoms. The van der Waals surface area contributed by atoms with Gasteiger partial charge < -0.3 is 30.7 Å². The van der Waals surface area contributed by atoms with Gasteiger partial charge in [-0.25, -0.2) is 14.6 Å². The molecule has 2 aromatic heterocycles. The molecule has 0 aliphatic heterocycles. The lowest BCUT2D eigenvalue weighted by atomic mass is 9.91. The standard InChI is InChI=1S/C36H48N6O5S2/c1-24(2)34-39-30(22-48-34)19-42(4)35(45)41-32(20-43)33(44)38-28(17-27-12-10-25(3)11-13-27)14-15-29(16-26-8-6-5-7-9-26)40-36(46)47-21-31-18-37-23-49-31/h5-10,12-13,18,22-25,28-29,32,43H,11,14-17,19-21H2,1-4H3,(H,38,44)(H,40,46)(H,41,45). The van der Waals surface area contributed by atoms with Crippen LogP contribution in [0.4, 0.5) is 9.59 Å². The molecule has 0 fully saturated rings. The lowest BCUT2D eigenvalue weighted by Crippen LogP contribution is -2.54. The summed E-state index contributed by atoms with van der Waals surface area (Å²) in [6.07, 6.45) is 10.7. The quantitative estimate of drug-likeness (QED) is 0.136. The number of nitrogens with one attached hydrogen (secondary N) is 3. The summed E-state index contributed by atoms with van der Waals surface area (Å²) >= 11 is 2.97. The number of alkyl carbamates (subject to hydrolysis) is 1. The zero-order valence-corrected chi connectivity index (χ0v) is 30.3. The number of hydrogen-bond acceptors (Lipinski definition) is 9. The number of thiazole rings is 2. The van der Waals surface area contributed by atoms with Gasteiger partial charge in [0.15, 0.2) is 0 Å². The van der Waals surface area contributed by atoms with Crippen molar-refractivity contribution in [3.05, 3.63) is 92.4 Å². The molecule has 0 radical (unpaired) electrons. The number of benzene rings is 1. The van der Waals surface area contributed by atoms with Crippen molar-refractivity contribution in [3.8, 4) is 0 Å². The van der Waals surface area contributed by atoms with Crippen molar-refractivity contribution in [2.75, 3.05) is 13.7 Å². The topological polar surface area (TPSA) is 146 Å². The molecule has 13 heteroatoms. The van der Waals surface area contributed by atoms with Crippen LogP contribution in [0.1, 0.15) is 73.5 Å². The molecule has 0 bridgehead atoms. The summed E-state index contributed by atoms with van der Waals surface area (Å²) in [4.78, 5) is 50.3. The van der Waals surface area contributed by atoms with Gasteiger partial charge in [0.1, 0.15) is 12.6 Å². The zero-order chi connectivity index (χ0) is 35.2. The number of urea groups is 1. The molecule has 3 aromatic rings. The first-order valence-corrected chi connectivity index (χ1v) is 18.4. The van der Waals surface area contributed by atoms with Crippen LogP contribution in [0.3, 0.4) is 0 Å². The third kappa shape index (κ3) is 12.7. The van der Waals surface area contributed by atoms with Gasteiger partial charge in [-0.05, 0) is 43.6 Å². The smallest absolute Gasteiger partial charge is 0.407 e. The van der Waals surface area contributed by atoms with Crippen LogP contribution >= 0.6 is 22.7 Å². The first kappa shape index (κ1) is 37.7. The number of carbonyl (C=O) groups excluding carboxylic acids is 3. The van der Waals surface area contributed by atoms with Crippen LogP contribution in [-0.2, 0) is 29.1 Å². The van der Waals surface area contributed by atoms with E-state index < -0.39 is 30.7 Å². The average Bonchev–Trinajstić information content (AvgIpc) is 3.79. The number of rotatable bonds is 17. The van der Waals surface area contributed by atoms with Crippen molar-refractivity contribution >= 4 is 40.7 Å². The molecule has 264 valence electrons. The van der Waals surface area contributed by atoms with Crippen molar-refractivity contribution < 1.29 is 24.2 Å². The van der Waals surface area contributed by atoms with Gasteiger partial charge >= 0.3 is 12.1 Å². The van der Waals surface area contributed by atoms with Crippen molar-refractivity contribution in [1.29, 1.82) is 0 Å². The van der Waals surface area contributed by atoms with Gasteiger partial charge in [0.2, 0.25) is 5.91 Å². The van der Waals surface area contributed by atoms with Crippen LogP contribution in [0.5, 0.6) is 0 Å². The van der Waals surface area contributed by atoms with Gasteiger partial charge in [0.25, 0.3) is 0 Å². The average molecular weight is 709 g/mol. The van der Waals surface area contributed by atoms with E-state index in [-0.39, 0.29) is 25.2 Å². The summed E-state index contributed by atoms with van der Waals surface area (Å²) in [7, 11) is 1.63. The Morgan fingerprint density at radius 1 is 1.06 bits per heavy atom. The minimum Gasteiger partial charge on any atom is -0.444 e. The number of amides is 4. The highest BCUT2D eigenvalue weighted by atomic mass is 32.1. The number of aromatic nitrogens is 2. The number of hydrogen-bond donors (Lipinski definition) is 4. The monoisotopic (exact) mass is 708 g/mol. The molecule has 4 amide bonds. The number of ether oxygens (including phenoxy) is 1. The maximum atomic E-state index is 13.5. The summed E-state index contributed by atoms with van der Waals surface area (Å²) in [5.74, 6) is 0.263. The number of allylic oxidation sites excluding steroid dienone is 3. The summed E-state index contributed by atoms with van der Waals surface area (Å²) in [5.41, 5.74) is 4.63. The first-order chi connectivity index (χ1) is 23.6. The minimum absolute atomic E-state index is 0.137. The number of nitrogens with zero attached hydrogens (tertiary/aromatic N) is 3. The van der Waals surface area contributed by atoms with Gasteiger partial charge in [-0.15, -0.1) is 22.7 Å². The van der Waals surface area contributed by atoms with Crippen LogP contribution in [0.2, 0.25) is 0 Å². The van der Waals surface area contributed by atoms with Gasteiger partial charge in [0.05, 0.1) is 34.2 Å². The van der Waals surface area contributed by atoms with E-state index in [0.717, 1.165) is 33.1 Å². The van der Waals surface area contributed by atoms with Crippen LogP contribution in [-0.4, -0.2) is 69.8 Å². The third-order valence-corrected chi connectivity index (χ3v) is 10.1. The van der Waals surface area contributed by atoms with Crippen molar-refractivity contribution in [3.63, 3.8) is 0 Å². The molecular weight excluding hydrogens is 661 g/mol. The predicted octanol–water partition coefficient (Wildman–Crippen LogP) is 5.94. The second-order valence-electron chi connectivity index (χ2n) is 12.8. The summed E-state index contributed by atoms with van der Waals surface area (Å²) in [6, 6.07) is 7.67. The molecular formula is C36H48N6O5S2. The molecule has 49 heavy (non-hydrogen) atoms. The number of aliphatic hydroxyl groups excluding tert-OH is 1. The van der Waals surface area contributed by atoms with E-state index in [1.165, 1.54) is 16.2 Å². The molecule has 1 aromatic carbocycles. The van der Waals surface area contributed by atoms with E-state index >= 15 is 0 Å². The van der Waals surface area contributed by atoms with Crippen LogP contribution in [0, 0.1) is 5.92 Å². The number of carbonyl (C=O) groups is 3. The Balaban J connectivity index is 1.41. The normalized spacial score (nSPS) is 16.0. The van der Waals surface area contributed by atoms with Crippen molar-refractivity contribution in [2.45, 2.75) is 90.1 Å². The molecule has 0 saturated heterocycles. The van der Waals surface area contributed by atoms with Gasteiger partial charge in [0, 0.05) is 36.6 Å². The highest BCUT2D eigenvalue weighted by molar-refractivity contribution is 7.09. The Morgan fingerprint density at radius 3 is 2.45 bits per heavy atom. The Morgan fingerprint density at radius 2 is 1.82 bits per heavy atom. The Hall–Kier alpha value is -4.07. The molecule has 4 atom stereocenters. The fourth-order valence-corrected chi connectivity index (χ4v) is 6.68. The predicted molar refractivity (Wildman–Crippen MR) is 193 cm³/mol. The van der Waals surface area contributed by atoms with Crippen LogP contribution in [0.15, 0.2) is 71.2 Å². The Kier molecular flexibility index (Phi) is 14.8. The largest absolute Gasteiger partial charge is 0.444 e. The first-order valence-electron chi connectivity index (χ1n) is 16.7. The highest BCUT2D eigenvalue weighted by Gasteiger charge is 2.26. The molecule has 1 aliphatic rings. The molecule has 0 saturated carbocycles.